The zero-order valence-electron chi connectivity index (χ0n) is 9.80. The summed E-state index contributed by atoms with van der Waals surface area (Å²) in [5, 5.41) is 18.3. The first-order chi connectivity index (χ1) is 8.68. The van der Waals surface area contributed by atoms with Gasteiger partial charge < -0.3 is 10.4 Å². The van der Waals surface area contributed by atoms with Gasteiger partial charge in [-0.05, 0) is 18.9 Å². The Kier molecular flexibility index (Phi) is 3.76. The van der Waals surface area contributed by atoms with Crippen molar-refractivity contribution in [3.63, 3.8) is 0 Å². The summed E-state index contributed by atoms with van der Waals surface area (Å²) in [6.07, 6.45) is 6.17. The standard InChI is InChI=1S/C12H15N3O3/c16-11(13-7-8-5-6-14-15-8)9-3-1-2-4-10(9)12(17)18/h1-2,5-6,9-10H,3-4,7H2,(H,13,16)(H,14,15)(H,17,18)/t9-,10-/m0/s1. The van der Waals surface area contributed by atoms with Crippen LogP contribution in [-0.4, -0.2) is 27.2 Å². The largest absolute Gasteiger partial charge is 0.481 e. The number of hydrogen-bond acceptors (Lipinski definition) is 3. The quantitative estimate of drug-likeness (QED) is 0.684. The number of allylic oxidation sites excluding steroid dienone is 2. The molecule has 1 heterocycles. The Bertz CT molecular complexity index is 453. The van der Waals surface area contributed by atoms with Crippen molar-refractivity contribution in [2.75, 3.05) is 0 Å². The molecule has 6 nitrogen and oxygen atoms in total. The fourth-order valence-corrected chi connectivity index (χ4v) is 2.07. The zero-order valence-corrected chi connectivity index (χ0v) is 9.80. The van der Waals surface area contributed by atoms with Crippen LogP contribution >= 0.6 is 0 Å². The van der Waals surface area contributed by atoms with Gasteiger partial charge in [0, 0.05) is 6.20 Å². The van der Waals surface area contributed by atoms with Gasteiger partial charge in [-0.15, -0.1) is 0 Å². The van der Waals surface area contributed by atoms with Gasteiger partial charge >= 0.3 is 5.97 Å². The highest BCUT2D eigenvalue weighted by Crippen LogP contribution is 2.26. The van der Waals surface area contributed by atoms with Gasteiger partial charge in [0.15, 0.2) is 0 Å². The third-order valence-corrected chi connectivity index (χ3v) is 3.10. The number of rotatable bonds is 4. The van der Waals surface area contributed by atoms with Crippen LogP contribution in [0.5, 0.6) is 0 Å². The van der Waals surface area contributed by atoms with E-state index >= 15 is 0 Å². The predicted octanol–water partition coefficient (Wildman–Crippen LogP) is 0.693. The van der Waals surface area contributed by atoms with Crippen molar-refractivity contribution in [1.29, 1.82) is 0 Å². The minimum absolute atomic E-state index is 0.221. The number of aliphatic carboxylic acids is 1. The Labute approximate surface area is 104 Å². The van der Waals surface area contributed by atoms with E-state index in [2.05, 4.69) is 15.5 Å². The SMILES string of the molecule is O=C(O)[C@H]1CC=CC[C@@H]1C(=O)NCc1ccn[nH]1. The van der Waals surface area contributed by atoms with E-state index in [1.165, 1.54) is 0 Å². The number of aromatic amines is 1. The molecule has 3 N–H and O–H groups in total. The maximum atomic E-state index is 12.0. The number of carbonyl (C=O) groups excluding carboxylic acids is 1. The van der Waals surface area contributed by atoms with Crippen molar-refractivity contribution in [3.8, 4) is 0 Å². The first kappa shape index (κ1) is 12.3. The van der Waals surface area contributed by atoms with E-state index in [0.29, 0.717) is 19.4 Å². The second-order valence-corrected chi connectivity index (χ2v) is 4.29. The maximum absolute atomic E-state index is 12.0. The maximum Gasteiger partial charge on any atom is 0.307 e. The normalized spacial score (nSPS) is 22.7. The topological polar surface area (TPSA) is 95.1 Å². The number of carboxylic acids is 1. The summed E-state index contributed by atoms with van der Waals surface area (Å²) in [5.74, 6) is -2.26. The summed E-state index contributed by atoms with van der Waals surface area (Å²) in [7, 11) is 0. The van der Waals surface area contributed by atoms with Crippen LogP contribution in [0.25, 0.3) is 0 Å². The number of nitrogens with zero attached hydrogens (tertiary/aromatic N) is 1. The van der Waals surface area contributed by atoms with E-state index < -0.39 is 17.8 Å². The van der Waals surface area contributed by atoms with Crippen LogP contribution in [0.2, 0.25) is 0 Å². The van der Waals surface area contributed by atoms with Crippen LogP contribution in [0.3, 0.4) is 0 Å². The van der Waals surface area contributed by atoms with E-state index in [0.717, 1.165) is 5.69 Å². The lowest BCUT2D eigenvalue weighted by Crippen LogP contribution is -2.38. The van der Waals surface area contributed by atoms with E-state index in [-0.39, 0.29) is 5.91 Å². The van der Waals surface area contributed by atoms with Gasteiger partial charge in [-0.2, -0.15) is 5.10 Å². The molecule has 2 rings (SSSR count). The molecule has 0 aliphatic heterocycles. The van der Waals surface area contributed by atoms with E-state index in [1.807, 2.05) is 12.2 Å². The zero-order chi connectivity index (χ0) is 13.0. The van der Waals surface area contributed by atoms with Crippen molar-refractivity contribution >= 4 is 11.9 Å². The molecular weight excluding hydrogens is 234 g/mol. The predicted molar refractivity (Wildman–Crippen MR) is 63.4 cm³/mol. The number of amides is 1. The van der Waals surface area contributed by atoms with Crippen molar-refractivity contribution in [2.24, 2.45) is 11.8 Å². The van der Waals surface area contributed by atoms with Crippen LogP contribution in [0.1, 0.15) is 18.5 Å². The van der Waals surface area contributed by atoms with Gasteiger partial charge in [-0.3, -0.25) is 14.7 Å². The smallest absolute Gasteiger partial charge is 0.307 e. The van der Waals surface area contributed by atoms with Gasteiger partial charge in [0.1, 0.15) is 0 Å². The van der Waals surface area contributed by atoms with E-state index in [9.17, 15) is 9.59 Å². The van der Waals surface area contributed by atoms with Crippen LogP contribution in [-0.2, 0) is 16.1 Å². The van der Waals surface area contributed by atoms with Gasteiger partial charge in [0.25, 0.3) is 0 Å². The van der Waals surface area contributed by atoms with E-state index in [1.54, 1.807) is 12.3 Å². The highest BCUT2D eigenvalue weighted by Gasteiger charge is 2.33. The summed E-state index contributed by atoms with van der Waals surface area (Å²) < 4.78 is 0. The number of carboxylic acid groups (broad SMARTS) is 1. The van der Waals surface area contributed by atoms with Crippen LogP contribution in [0.4, 0.5) is 0 Å². The molecule has 1 amide bonds. The Balaban J connectivity index is 1.94. The van der Waals surface area contributed by atoms with Crippen molar-refractivity contribution < 1.29 is 14.7 Å². The highest BCUT2D eigenvalue weighted by atomic mass is 16.4. The van der Waals surface area contributed by atoms with Crippen LogP contribution in [0.15, 0.2) is 24.4 Å². The van der Waals surface area contributed by atoms with Gasteiger partial charge in [-0.25, -0.2) is 0 Å². The fraction of sp³-hybridized carbons (Fsp3) is 0.417. The first-order valence-electron chi connectivity index (χ1n) is 5.82. The average molecular weight is 249 g/mol. The molecule has 1 aliphatic carbocycles. The molecule has 0 aromatic carbocycles. The van der Waals surface area contributed by atoms with Gasteiger partial charge in [0.05, 0.1) is 24.1 Å². The Morgan fingerprint density at radius 1 is 1.39 bits per heavy atom. The van der Waals surface area contributed by atoms with Crippen LogP contribution < -0.4 is 5.32 Å². The van der Waals surface area contributed by atoms with Gasteiger partial charge in [0.2, 0.25) is 5.91 Å². The third kappa shape index (κ3) is 2.77. The summed E-state index contributed by atoms with van der Waals surface area (Å²) in [5.41, 5.74) is 0.793. The third-order valence-electron chi connectivity index (χ3n) is 3.10. The number of carbonyl (C=O) groups is 2. The monoisotopic (exact) mass is 249 g/mol. The fourth-order valence-electron chi connectivity index (χ4n) is 2.07. The lowest BCUT2D eigenvalue weighted by Gasteiger charge is -2.24. The minimum atomic E-state index is -0.916. The molecule has 0 radical (unpaired) electrons. The second kappa shape index (κ2) is 5.48. The molecule has 0 unspecified atom stereocenters. The Morgan fingerprint density at radius 2 is 2.11 bits per heavy atom. The molecule has 18 heavy (non-hydrogen) atoms. The molecule has 96 valence electrons. The summed E-state index contributed by atoms with van der Waals surface area (Å²) in [6, 6.07) is 1.76. The summed E-state index contributed by atoms with van der Waals surface area (Å²) in [4.78, 5) is 23.0. The molecular formula is C12H15N3O3. The number of H-pyrrole nitrogens is 1. The lowest BCUT2D eigenvalue weighted by molar-refractivity contribution is -0.147. The van der Waals surface area contributed by atoms with E-state index in [4.69, 9.17) is 5.11 Å². The summed E-state index contributed by atoms with van der Waals surface area (Å²) >= 11 is 0. The molecule has 0 saturated carbocycles. The van der Waals surface area contributed by atoms with Crippen molar-refractivity contribution in [2.45, 2.75) is 19.4 Å². The lowest BCUT2D eigenvalue weighted by atomic mass is 9.82. The number of aromatic nitrogens is 2. The molecule has 1 aliphatic rings. The Hall–Kier alpha value is -2.11. The number of nitrogens with one attached hydrogen (secondary N) is 2. The molecule has 0 fully saturated rings. The second-order valence-electron chi connectivity index (χ2n) is 4.29. The molecule has 1 aromatic heterocycles. The molecule has 0 bridgehead atoms. The van der Waals surface area contributed by atoms with Crippen LogP contribution in [0, 0.1) is 11.8 Å². The first-order valence-corrected chi connectivity index (χ1v) is 5.82. The molecule has 0 spiro atoms. The highest BCUT2D eigenvalue weighted by molar-refractivity contribution is 5.85. The molecule has 6 heteroatoms. The molecule has 2 atom stereocenters. The van der Waals surface area contributed by atoms with Crippen molar-refractivity contribution in [1.82, 2.24) is 15.5 Å². The molecule has 1 aromatic rings. The summed E-state index contributed by atoms with van der Waals surface area (Å²) in [6.45, 7) is 0.339. The average Bonchev–Trinajstić information content (AvgIpc) is 2.89. The minimum Gasteiger partial charge on any atom is -0.481 e. The van der Waals surface area contributed by atoms with Gasteiger partial charge in [-0.1, -0.05) is 12.2 Å². The van der Waals surface area contributed by atoms with Crippen molar-refractivity contribution in [3.05, 3.63) is 30.1 Å². The Morgan fingerprint density at radius 3 is 2.72 bits per heavy atom. The molecule has 0 saturated heterocycles. The number of hydrogen-bond donors (Lipinski definition) is 3.